The van der Waals surface area contributed by atoms with Crippen molar-refractivity contribution in [2.75, 3.05) is 13.7 Å². The molecule has 0 unspecified atom stereocenters. The van der Waals surface area contributed by atoms with E-state index in [1.807, 2.05) is 19.9 Å². The number of Topliss-reactive ketones (excluding diaryl/α,β-unsaturated/α-hetero) is 1. The molecular weight excluding hydrogens is 312 g/mol. The monoisotopic (exact) mass is 328 g/mol. The van der Waals surface area contributed by atoms with Gasteiger partial charge in [0.15, 0.2) is 0 Å². The molecule has 4 nitrogen and oxygen atoms in total. The van der Waals surface area contributed by atoms with Crippen molar-refractivity contribution in [2.24, 2.45) is 0 Å². The van der Waals surface area contributed by atoms with E-state index in [9.17, 15) is 9.59 Å². The molecule has 0 atom stereocenters. The first-order chi connectivity index (χ1) is 8.92. The van der Waals surface area contributed by atoms with Crippen LogP contribution in [0.25, 0.3) is 0 Å². The fourth-order valence-corrected chi connectivity index (χ4v) is 2.27. The van der Waals surface area contributed by atoms with E-state index in [0.717, 1.165) is 5.56 Å². The Morgan fingerprint density at radius 2 is 1.95 bits per heavy atom. The molecule has 0 aliphatic rings. The summed E-state index contributed by atoms with van der Waals surface area (Å²) in [6.07, 6.45) is 0. The van der Waals surface area contributed by atoms with Crippen LogP contribution in [-0.4, -0.2) is 25.5 Å². The summed E-state index contributed by atoms with van der Waals surface area (Å²) in [6, 6.07) is 3.55. The smallest absolute Gasteiger partial charge is 0.379 e. The standard InChI is InChI=1S/C14H17BrO4/c1-5-19-14(17)12(16)10-6-9(8(2)3)7-11(15)13(10)18-4/h6-8H,5H2,1-4H3. The highest BCUT2D eigenvalue weighted by Crippen LogP contribution is 2.33. The molecule has 0 amide bonds. The summed E-state index contributed by atoms with van der Waals surface area (Å²) in [5, 5.41) is 0. The van der Waals surface area contributed by atoms with Gasteiger partial charge < -0.3 is 9.47 Å². The van der Waals surface area contributed by atoms with Crippen molar-refractivity contribution in [3.63, 3.8) is 0 Å². The third-order valence-corrected chi connectivity index (χ3v) is 3.23. The minimum atomic E-state index is -0.867. The number of benzene rings is 1. The number of carbonyl (C=O) groups is 2. The van der Waals surface area contributed by atoms with Gasteiger partial charge >= 0.3 is 5.97 Å². The lowest BCUT2D eigenvalue weighted by molar-refractivity contribution is -0.137. The van der Waals surface area contributed by atoms with E-state index in [1.54, 1.807) is 13.0 Å². The maximum atomic E-state index is 12.1. The third-order valence-electron chi connectivity index (χ3n) is 2.64. The van der Waals surface area contributed by atoms with Gasteiger partial charge in [0.1, 0.15) is 5.75 Å². The van der Waals surface area contributed by atoms with E-state index >= 15 is 0 Å². The molecule has 0 N–H and O–H groups in total. The van der Waals surface area contributed by atoms with Crippen LogP contribution in [0.3, 0.4) is 0 Å². The maximum absolute atomic E-state index is 12.1. The fourth-order valence-electron chi connectivity index (χ4n) is 1.63. The van der Waals surface area contributed by atoms with Crippen molar-refractivity contribution < 1.29 is 19.1 Å². The topological polar surface area (TPSA) is 52.6 Å². The number of carbonyl (C=O) groups excluding carboxylic acids is 2. The zero-order valence-electron chi connectivity index (χ0n) is 11.5. The van der Waals surface area contributed by atoms with Gasteiger partial charge in [0, 0.05) is 0 Å². The van der Waals surface area contributed by atoms with Crippen LogP contribution in [0.5, 0.6) is 5.75 Å². The molecule has 104 valence electrons. The zero-order valence-corrected chi connectivity index (χ0v) is 13.0. The van der Waals surface area contributed by atoms with Gasteiger partial charge in [0.25, 0.3) is 5.78 Å². The highest BCUT2D eigenvalue weighted by molar-refractivity contribution is 9.10. The Morgan fingerprint density at radius 3 is 2.42 bits per heavy atom. The SMILES string of the molecule is CCOC(=O)C(=O)c1cc(C(C)C)cc(Br)c1OC. The molecule has 5 heteroatoms. The highest BCUT2D eigenvalue weighted by Gasteiger charge is 2.24. The number of ether oxygens (including phenoxy) is 2. The van der Waals surface area contributed by atoms with Crippen molar-refractivity contribution in [1.82, 2.24) is 0 Å². The quantitative estimate of drug-likeness (QED) is 0.472. The Bertz CT molecular complexity index is 494. The Kier molecular flexibility index (Phi) is 5.54. The number of ketones is 1. The minimum absolute atomic E-state index is 0.165. The molecule has 0 aliphatic carbocycles. The molecule has 0 aliphatic heterocycles. The predicted octanol–water partition coefficient (Wildman–Crippen LogP) is 3.33. The Morgan fingerprint density at radius 1 is 1.32 bits per heavy atom. The molecule has 0 saturated heterocycles. The van der Waals surface area contributed by atoms with Crippen LogP contribution < -0.4 is 4.74 Å². The van der Waals surface area contributed by atoms with Crippen molar-refractivity contribution in [2.45, 2.75) is 26.7 Å². The molecule has 0 bridgehead atoms. The van der Waals surface area contributed by atoms with Crippen LogP contribution in [-0.2, 0) is 9.53 Å². The Hall–Kier alpha value is -1.36. The minimum Gasteiger partial charge on any atom is -0.495 e. The lowest BCUT2D eigenvalue weighted by Gasteiger charge is -2.13. The van der Waals surface area contributed by atoms with Gasteiger partial charge in [0.2, 0.25) is 0 Å². The summed E-state index contributed by atoms with van der Waals surface area (Å²) in [5.74, 6) is -0.978. The molecule has 1 rings (SSSR count). The third kappa shape index (κ3) is 3.56. The van der Waals surface area contributed by atoms with E-state index in [4.69, 9.17) is 9.47 Å². The number of rotatable bonds is 5. The highest BCUT2D eigenvalue weighted by atomic mass is 79.9. The van der Waals surface area contributed by atoms with Gasteiger partial charge in [-0.1, -0.05) is 13.8 Å². The van der Waals surface area contributed by atoms with Gasteiger partial charge in [-0.3, -0.25) is 4.79 Å². The first-order valence-electron chi connectivity index (χ1n) is 6.01. The lowest BCUT2D eigenvalue weighted by Crippen LogP contribution is -2.18. The molecule has 0 fully saturated rings. The molecule has 0 spiro atoms. The second-order valence-corrected chi connectivity index (χ2v) is 5.14. The van der Waals surface area contributed by atoms with Gasteiger partial charge in [-0.25, -0.2) is 4.79 Å². The van der Waals surface area contributed by atoms with Gasteiger partial charge in [-0.2, -0.15) is 0 Å². The summed E-state index contributed by atoms with van der Waals surface area (Å²) < 4.78 is 10.6. The molecular formula is C14H17BrO4. The van der Waals surface area contributed by atoms with Gasteiger partial charge in [-0.15, -0.1) is 0 Å². The number of hydrogen-bond donors (Lipinski definition) is 0. The first kappa shape index (κ1) is 15.7. The molecule has 19 heavy (non-hydrogen) atoms. The summed E-state index contributed by atoms with van der Waals surface area (Å²) in [6.45, 7) is 5.83. The van der Waals surface area contributed by atoms with Crippen LogP contribution in [0.1, 0.15) is 42.6 Å². The van der Waals surface area contributed by atoms with Crippen LogP contribution >= 0.6 is 15.9 Å². The molecule has 0 saturated carbocycles. The second-order valence-electron chi connectivity index (χ2n) is 4.29. The van der Waals surface area contributed by atoms with Crippen molar-refractivity contribution in [3.8, 4) is 5.75 Å². The van der Waals surface area contributed by atoms with Crippen molar-refractivity contribution in [1.29, 1.82) is 0 Å². The van der Waals surface area contributed by atoms with Gasteiger partial charge in [-0.05, 0) is 46.5 Å². The van der Waals surface area contributed by atoms with Crippen LogP contribution in [0.4, 0.5) is 0 Å². The average molecular weight is 329 g/mol. The number of esters is 1. The van der Waals surface area contributed by atoms with E-state index in [1.165, 1.54) is 7.11 Å². The molecule has 0 radical (unpaired) electrons. The first-order valence-corrected chi connectivity index (χ1v) is 6.80. The number of methoxy groups -OCH3 is 1. The molecule has 1 aromatic rings. The second kappa shape index (κ2) is 6.70. The van der Waals surface area contributed by atoms with Crippen LogP contribution in [0.2, 0.25) is 0 Å². The summed E-state index contributed by atoms with van der Waals surface area (Å²) in [5.41, 5.74) is 1.17. The maximum Gasteiger partial charge on any atom is 0.379 e. The van der Waals surface area contributed by atoms with Gasteiger partial charge in [0.05, 0.1) is 23.8 Å². The molecule has 0 aromatic heterocycles. The molecule has 0 heterocycles. The van der Waals surface area contributed by atoms with E-state index in [2.05, 4.69) is 15.9 Å². The van der Waals surface area contributed by atoms with Crippen LogP contribution in [0.15, 0.2) is 16.6 Å². The predicted molar refractivity (Wildman–Crippen MR) is 75.7 cm³/mol. The Balaban J connectivity index is 3.31. The van der Waals surface area contributed by atoms with Crippen molar-refractivity contribution >= 4 is 27.7 Å². The number of hydrogen-bond acceptors (Lipinski definition) is 4. The molecule has 1 aromatic carbocycles. The summed E-state index contributed by atoms with van der Waals surface area (Å²) in [7, 11) is 1.46. The van der Waals surface area contributed by atoms with E-state index < -0.39 is 11.8 Å². The fraction of sp³-hybridized carbons (Fsp3) is 0.429. The van der Waals surface area contributed by atoms with Crippen molar-refractivity contribution in [3.05, 3.63) is 27.7 Å². The Labute approximate surface area is 121 Å². The van der Waals surface area contributed by atoms with E-state index in [0.29, 0.717) is 10.2 Å². The largest absolute Gasteiger partial charge is 0.495 e. The lowest BCUT2D eigenvalue weighted by atomic mass is 9.98. The normalized spacial score (nSPS) is 10.4. The average Bonchev–Trinajstić information content (AvgIpc) is 2.36. The summed E-state index contributed by atoms with van der Waals surface area (Å²) >= 11 is 3.35. The van der Waals surface area contributed by atoms with Crippen LogP contribution in [0, 0.1) is 0 Å². The number of halogens is 1. The zero-order chi connectivity index (χ0) is 14.6. The summed E-state index contributed by atoms with van der Waals surface area (Å²) in [4.78, 5) is 23.6. The van der Waals surface area contributed by atoms with E-state index in [-0.39, 0.29) is 18.1 Å².